The monoisotopic (exact) mass is 539 g/mol. The maximum atomic E-state index is 13.1. The highest BCUT2D eigenvalue weighted by Gasteiger charge is 2.39. The van der Waals surface area contributed by atoms with E-state index in [4.69, 9.17) is 4.74 Å². The van der Waals surface area contributed by atoms with Gasteiger partial charge in [-0.1, -0.05) is 78.9 Å². The van der Waals surface area contributed by atoms with Crippen LogP contribution in [0.1, 0.15) is 27.8 Å². The van der Waals surface area contributed by atoms with Crippen molar-refractivity contribution in [1.29, 1.82) is 5.26 Å². The van der Waals surface area contributed by atoms with Gasteiger partial charge in [-0.05, 0) is 56.9 Å². The SMILES string of the molecule is N#Cc1ccccc1COc1ccc(/C=N\NC(=O)C(O)(c2ccccc2)c2ccccc2)cc1Br. The summed E-state index contributed by atoms with van der Waals surface area (Å²) in [5.41, 5.74) is 3.50. The summed E-state index contributed by atoms with van der Waals surface area (Å²) in [4.78, 5) is 13.1. The molecule has 0 aliphatic rings. The second-order valence-corrected chi connectivity index (χ2v) is 8.74. The van der Waals surface area contributed by atoms with Gasteiger partial charge in [0.05, 0.1) is 22.3 Å². The lowest BCUT2D eigenvalue weighted by Crippen LogP contribution is -2.43. The molecule has 2 N–H and O–H groups in total. The number of carbonyl (C=O) groups excluding carboxylic acids is 1. The van der Waals surface area contributed by atoms with Crippen LogP contribution in [0, 0.1) is 11.3 Å². The number of hydrogen-bond acceptors (Lipinski definition) is 5. The first-order chi connectivity index (χ1) is 17.5. The highest BCUT2D eigenvalue weighted by Crippen LogP contribution is 2.30. The number of amides is 1. The van der Waals surface area contributed by atoms with Crippen LogP contribution >= 0.6 is 15.9 Å². The smallest absolute Gasteiger partial charge is 0.281 e. The Morgan fingerprint density at radius 3 is 2.19 bits per heavy atom. The minimum Gasteiger partial charge on any atom is -0.488 e. The van der Waals surface area contributed by atoms with Crippen LogP contribution in [0.3, 0.4) is 0 Å². The average molecular weight is 540 g/mol. The predicted molar refractivity (Wildman–Crippen MR) is 141 cm³/mol. The topological polar surface area (TPSA) is 94.7 Å². The van der Waals surface area contributed by atoms with Crippen molar-refractivity contribution in [3.05, 3.63) is 135 Å². The fraction of sp³-hybridized carbons (Fsp3) is 0.0690. The molecule has 0 aliphatic heterocycles. The zero-order chi connectivity index (χ0) is 25.4. The molecule has 0 radical (unpaired) electrons. The van der Waals surface area contributed by atoms with Crippen LogP contribution in [-0.4, -0.2) is 17.2 Å². The van der Waals surface area contributed by atoms with Crippen molar-refractivity contribution >= 4 is 28.1 Å². The van der Waals surface area contributed by atoms with Crippen molar-refractivity contribution in [2.45, 2.75) is 12.2 Å². The Hall–Kier alpha value is -4.25. The van der Waals surface area contributed by atoms with Crippen molar-refractivity contribution < 1.29 is 14.6 Å². The number of ether oxygens (including phenoxy) is 1. The van der Waals surface area contributed by atoms with Gasteiger partial charge in [0.1, 0.15) is 12.4 Å². The number of hydrazone groups is 1. The molecule has 0 unspecified atom stereocenters. The van der Waals surface area contributed by atoms with E-state index in [1.54, 1.807) is 72.8 Å². The molecule has 0 saturated carbocycles. The van der Waals surface area contributed by atoms with Crippen LogP contribution in [-0.2, 0) is 17.0 Å². The van der Waals surface area contributed by atoms with E-state index in [1.165, 1.54) is 6.21 Å². The summed E-state index contributed by atoms with van der Waals surface area (Å²) in [6.07, 6.45) is 1.48. The molecule has 7 heteroatoms. The molecule has 0 saturated heterocycles. The van der Waals surface area contributed by atoms with E-state index in [1.807, 2.05) is 30.3 Å². The third-order valence-electron chi connectivity index (χ3n) is 5.57. The normalized spacial score (nSPS) is 11.1. The molecular formula is C29H22BrN3O3. The summed E-state index contributed by atoms with van der Waals surface area (Å²) in [5, 5.41) is 24.8. The van der Waals surface area contributed by atoms with Gasteiger partial charge in [-0.25, -0.2) is 5.43 Å². The van der Waals surface area contributed by atoms with Crippen LogP contribution < -0.4 is 10.2 Å². The standard InChI is InChI=1S/C29H22BrN3O3/c30-26-17-21(15-16-27(26)36-20-23-10-8-7-9-22(23)18-31)19-32-33-28(34)29(35,24-11-3-1-4-12-24)25-13-5-2-6-14-25/h1-17,19,35H,20H2,(H,33,34)/b32-19-. The summed E-state index contributed by atoms with van der Waals surface area (Å²) >= 11 is 3.49. The average Bonchev–Trinajstić information content (AvgIpc) is 2.93. The van der Waals surface area contributed by atoms with Gasteiger partial charge in [0.2, 0.25) is 0 Å². The second-order valence-electron chi connectivity index (χ2n) is 7.89. The summed E-state index contributed by atoms with van der Waals surface area (Å²) in [6.45, 7) is 0.253. The number of nitriles is 1. The molecule has 0 spiro atoms. The maximum Gasteiger partial charge on any atom is 0.281 e. The Morgan fingerprint density at radius 2 is 1.58 bits per heavy atom. The fourth-order valence-electron chi connectivity index (χ4n) is 3.66. The van der Waals surface area contributed by atoms with E-state index >= 15 is 0 Å². The van der Waals surface area contributed by atoms with Gasteiger partial charge in [0, 0.05) is 5.56 Å². The Kier molecular flexibility index (Phi) is 7.91. The summed E-state index contributed by atoms with van der Waals surface area (Å²) in [6, 6.07) is 32.2. The molecule has 0 heterocycles. The minimum absolute atomic E-state index is 0.253. The van der Waals surface area contributed by atoms with E-state index < -0.39 is 11.5 Å². The van der Waals surface area contributed by atoms with E-state index in [-0.39, 0.29) is 6.61 Å². The van der Waals surface area contributed by atoms with Gasteiger partial charge in [-0.2, -0.15) is 10.4 Å². The zero-order valence-corrected chi connectivity index (χ0v) is 20.7. The molecule has 178 valence electrons. The van der Waals surface area contributed by atoms with Gasteiger partial charge in [0.15, 0.2) is 5.60 Å². The highest BCUT2D eigenvalue weighted by molar-refractivity contribution is 9.10. The molecule has 6 nitrogen and oxygen atoms in total. The Balaban J connectivity index is 1.46. The van der Waals surface area contributed by atoms with Crippen LogP contribution in [0.5, 0.6) is 5.75 Å². The van der Waals surface area contributed by atoms with Gasteiger partial charge in [-0.15, -0.1) is 0 Å². The molecule has 0 fully saturated rings. The maximum absolute atomic E-state index is 13.1. The molecule has 0 aromatic heterocycles. The van der Waals surface area contributed by atoms with Gasteiger partial charge >= 0.3 is 0 Å². The molecule has 4 rings (SSSR count). The lowest BCUT2D eigenvalue weighted by molar-refractivity contribution is -0.136. The fourth-order valence-corrected chi connectivity index (χ4v) is 4.17. The first-order valence-electron chi connectivity index (χ1n) is 11.1. The molecule has 0 bridgehead atoms. The van der Waals surface area contributed by atoms with E-state index in [2.05, 4.69) is 32.5 Å². The van der Waals surface area contributed by atoms with Crippen molar-refractivity contribution in [2.24, 2.45) is 5.10 Å². The van der Waals surface area contributed by atoms with Crippen molar-refractivity contribution in [1.82, 2.24) is 5.43 Å². The Bertz CT molecular complexity index is 1380. The molecule has 4 aromatic rings. The molecular weight excluding hydrogens is 518 g/mol. The highest BCUT2D eigenvalue weighted by atomic mass is 79.9. The number of carbonyl (C=O) groups is 1. The third-order valence-corrected chi connectivity index (χ3v) is 6.19. The zero-order valence-electron chi connectivity index (χ0n) is 19.1. The molecule has 1 amide bonds. The van der Waals surface area contributed by atoms with E-state index in [0.717, 1.165) is 5.56 Å². The first-order valence-corrected chi connectivity index (χ1v) is 11.9. The number of halogens is 1. The summed E-state index contributed by atoms with van der Waals surface area (Å²) in [5.74, 6) is -0.0715. The Labute approximate surface area is 217 Å². The molecule has 4 aromatic carbocycles. The minimum atomic E-state index is -1.90. The number of benzene rings is 4. The second kappa shape index (κ2) is 11.5. The molecule has 36 heavy (non-hydrogen) atoms. The number of aliphatic hydroxyl groups is 1. The van der Waals surface area contributed by atoms with E-state index in [9.17, 15) is 15.2 Å². The van der Waals surface area contributed by atoms with Crippen LogP contribution in [0.25, 0.3) is 0 Å². The van der Waals surface area contributed by atoms with Gasteiger partial charge in [-0.3, -0.25) is 4.79 Å². The Morgan fingerprint density at radius 1 is 0.972 bits per heavy atom. The third kappa shape index (κ3) is 5.52. The lowest BCUT2D eigenvalue weighted by Gasteiger charge is -2.27. The predicted octanol–water partition coefficient (Wildman–Crippen LogP) is 5.29. The first kappa shape index (κ1) is 24.9. The lowest BCUT2D eigenvalue weighted by atomic mass is 9.85. The summed E-state index contributed by atoms with van der Waals surface area (Å²) < 4.78 is 6.55. The number of rotatable bonds is 8. The van der Waals surface area contributed by atoms with Crippen LogP contribution in [0.15, 0.2) is 113 Å². The summed E-state index contributed by atoms with van der Waals surface area (Å²) in [7, 11) is 0. The van der Waals surface area contributed by atoms with Gasteiger partial charge < -0.3 is 9.84 Å². The van der Waals surface area contributed by atoms with Crippen molar-refractivity contribution in [2.75, 3.05) is 0 Å². The van der Waals surface area contributed by atoms with Crippen LogP contribution in [0.2, 0.25) is 0 Å². The van der Waals surface area contributed by atoms with E-state index in [0.29, 0.717) is 32.5 Å². The largest absolute Gasteiger partial charge is 0.488 e. The molecule has 0 aliphatic carbocycles. The number of hydrogen-bond donors (Lipinski definition) is 2. The quantitative estimate of drug-likeness (QED) is 0.235. The van der Waals surface area contributed by atoms with Gasteiger partial charge in [0.25, 0.3) is 5.91 Å². The van der Waals surface area contributed by atoms with Crippen molar-refractivity contribution in [3.8, 4) is 11.8 Å². The number of nitrogens with zero attached hydrogens (tertiary/aromatic N) is 2. The number of nitrogens with one attached hydrogen (secondary N) is 1. The van der Waals surface area contributed by atoms with Crippen LogP contribution in [0.4, 0.5) is 0 Å². The molecule has 0 atom stereocenters. The van der Waals surface area contributed by atoms with Crippen molar-refractivity contribution in [3.63, 3.8) is 0 Å².